The van der Waals surface area contributed by atoms with Gasteiger partial charge in [-0.05, 0) is 30.3 Å². The topological polar surface area (TPSA) is 61.8 Å². The molecule has 0 N–H and O–H groups in total. The average Bonchev–Trinajstić information content (AvgIpc) is 2.90. The third-order valence-corrected chi connectivity index (χ3v) is 4.17. The Balaban J connectivity index is 1.89. The van der Waals surface area contributed by atoms with Crippen LogP contribution in [0.25, 0.3) is 0 Å². The number of fused-ring (bicyclic) bond motifs is 1. The van der Waals surface area contributed by atoms with Crippen LogP contribution in [0.4, 0.5) is 0 Å². The molecule has 0 amide bonds. The van der Waals surface area contributed by atoms with E-state index in [1.807, 2.05) is 0 Å². The third-order valence-electron chi connectivity index (χ3n) is 3.92. The monoisotopic (exact) mass is 346 g/mol. The molecule has 2 aromatic rings. The van der Waals surface area contributed by atoms with Gasteiger partial charge in [0.2, 0.25) is 0 Å². The van der Waals surface area contributed by atoms with Crippen molar-refractivity contribution in [2.75, 3.05) is 14.2 Å². The molecule has 0 aliphatic carbocycles. The minimum Gasteiger partial charge on any atom is -0.493 e. The van der Waals surface area contributed by atoms with Crippen molar-refractivity contribution >= 4 is 23.4 Å². The van der Waals surface area contributed by atoms with Crippen LogP contribution in [0.1, 0.15) is 38.8 Å². The van der Waals surface area contributed by atoms with Gasteiger partial charge in [0.25, 0.3) is 0 Å². The molecule has 1 heterocycles. The summed E-state index contributed by atoms with van der Waals surface area (Å²) in [5.74, 6) is 0.112. The van der Waals surface area contributed by atoms with Crippen LogP contribution in [0.3, 0.4) is 0 Å². The van der Waals surface area contributed by atoms with Gasteiger partial charge < -0.3 is 14.2 Å². The highest BCUT2D eigenvalue weighted by atomic mass is 35.5. The molecule has 5 nitrogen and oxygen atoms in total. The Morgan fingerprint density at radius 1 is 1.12 bits per heavy atom. The van der Waals surface area contributed by atoms with Crippen molar-refractivity contribution in [2.24, 2.45) is 0 Å². The molecule has 2 aromatic carbocycles. The maximum atomic E-state index is 12.4. The molecule has 124 valence electrons. The summed E-state index contributed by atoms with van der Waals surface area (Å²) < 4.78 is 15.8. The van der Waals surface area contributed by atoms with Crippen LogP contribution in [-0.4, -0.2) is 26.0 Å². The molecule has 0 spiro atoms. The smallest absolute Gasteiger partial charge is 0.343 e. The van der Waals surface area contributed by atoms with Gasteiger partial charge in [-0.1, -0.05) is 17.7 Å². The maximum Gasteiger partial charge on any atom is 0.343 e. The van der Waals surface area contributed by atoms with E-state index < -0.39 is 12.1 Å². The Morgan fingerprint density at radius 2 is 1.83 bits per heavy atom. The zero-order valence-electron chi connectivity index (χ0n) is 13.2. The van der Waals surface area contributed by atoms with Crippen LogP contribution in [0, 0.1) is 0 Å². The van der Waals surface area contributed by atoms with E-state index in [-0.39, 0.29) is 12.2 Å². The maximum absolute atomic E-state index is 12.4. The van der Waals surface area contributed by atoms with Gasteiger partial charge in [0.05, 0.1) is 20.6 Å². The molecular weight excluding hydrogens is 332 g/mol. The Labute approximate surface area is 144 Å². The van der Waals surface area contributed by atoms with Gasteiger partial charge >= 0.3 is 5.97 Å². The number of rotatable bonds is 5. The molecule has 1 aliphatic rings. The molecule has 0 radical (unpaired) electrons. The van der Waals surface area contributed by atoms with Gasteiger partial charge in [0, 0.05) is 16.1 Å². The Kier molecular flexibility index (Phi) is 4.44. The molecule has 1 atom stereocenters. The first-order chi connectivity index (χ1) is 11.5. The number of esters is 1. The number of cyclic esters (lactones) is 1. The van der Waals surface area contributed by atoms with Gasteiger partial charge in [-0.25, -0.2) is 4.79 Å². The normalized spacial score (nSPS) is 15.6. The fourth-order valence-corrected chi connectivity index (χ4v) is 2.87. The number of ether oxygens (including phenoxy) is 3. The largest absolute Gasteiger partial charge is 0.493 e. The first-order valence-corrected chi connectivity index (χ1v) is 7.67. The summed E-state index contributed by atoms with van der Waals surface area (Å²) in [7, 11) is 2.95. The molecule has 0 saturated carbocycles. The zero-order valence-corrected chi connectivity index (χ0v) is 13.9. The summed E-state index contributed by atoms with van der Waals surface area (Å²) in [6.45, 7) is 0. The predicted octanol–water partition coefficient (Wildman–Crippen LogP) is 3.84. The van der Waals surface area contributed by atoms with E-state index in [0.717, 1.165) is 0 Å². The number of hydrogen-bond acceptors (Lipinski definition) is 5. The minimum atomic E-state index is -0.643. The van der Waals surface area contributed by atoms with Crippen molar-refractivity contribution in [3.8, 4) is 11.5 Å². The number of Topliss-reactive ketones (excluding diaryl/α,β-unsaturated/α-hetero) is 1. The summed E-state index contributed by atoms with van der Waals surface area (Å²) in [5.41, 5.74) is 1.45. The Morgan fingerprint density at radius 3 is 2.46 bits per heavy atom. The van der Waals surface area contributed by atoms with Crippen LogP contribution in [0.15, 0.2) is 36.4 Å². The zero-order chi connectivity index (χ0) is 17.3. The molecule has 0 fully saturated rings. The number of ketones is 1. The fraction of sp³-hybridized carbons (Fsp3) is 0.222. The van der Waals surface area contributed by atoms with E-state index in [0.29, 0.717) is 33.2 Å². The van der Waals surface area contributed by atoms with Crippen molar-refractivity contribution < 1.29 is 23.8 Å². The van der Waals surface area contributed by atoms with Gasteiger partial charge in [0.1, 0.15) is 11.7 Å². The number of carbonyl (C=O) groups excluding carboxylic acids is 2. The summed E-state index contributed by atoms with van der Waals surface area (Å²) in [6.07, 6.45) is -0.592. The number of hydrogen-bond donors (Lipinski definition) is 0. The molecule has 3 rings (SSSR count). The van der Waals surface area contributed by atoms with E-state index in [1.165, 1.54) is 14.2 Å². The predicted molar refractivity (Wildman–Crippen MR) is 88.1 cm³/mol. The van der Waals surface area contributed by atoms with E-state index in [2.05, 4.69) is 0 Å². The Bertz CT molecular complexity index is 798. The van der Waals surface area contributed by atoms with E-state index in [1.54, 1.807) is 36.4 Å². The minimum absolute atomic E-state index is 0.0514. The lowest BCUT2D eigenvalue weighted by molar-refractivity contribution is 0.0365. The molecular formula is C18H15ClO5. The van der Waals surface area contributed by atoms with Crippen molar-refractivity contribution in [2.45, 2.75) is 12.5 Å². The lowest BCUT2D eigenvalue weighted by atomic mass is 9.97. The molecule has 0 unspecified atom stereocenters. The summed E-state index contributed by atoms with van der Waals surface area (Å²) in [5, 5.41) is 0.557. The van der Waals surface area contributed by atoms with Crippen LogP contribution < -0.4 is 9.47 Å². The van der Waals surface area contributed by atoms with Gasteiger partial charge in [-0.2, -0.15) is 0 Å². The SMILES string of the molecule is COc1ccc2c(c1OC)C(=O)O[C@H]2CC(=O)c1ccc(Cl)cc1. The number of benzene rings is 2. The van der Waals surface area contributed by atoms with E-state index in [4.69, 9.17) is 25.8 Å². The summed E-state index contributed by atoms with van der Waals surface area (Å²) in [6, 6.07) is 10.0. The number of carbonyl (C=O) groups is 2. The average molecular weight is 347 g/mol. The van der Waals surface area contributed by atoms with Gasteiger partial charge in [-0.3, -0.25) is 4.79 Å². The molecule has 0 aromatic heterocycles. The van der Waals surface area contributed by atoms with Crippen molar-refractivity contribution in [1.29, 1.82) is 0 Å². The molecule has 24 heavy (non-hydrogen) atoms. The number of methoxy groups -OCH3 is 2. The number of halogens is 1. The third kappa shape index (κ3) is 2.83. The fourth-order valence-electron chi connectivity index (χ4n) is 2.75. The second kappa shape index (κ2) is 6.53. The second-order valence-corrected chi connectivity index (χ2v) is 5.73. The van der Waals surface area contributed by atoms with Gasteiger partial charge in [-0.15, -0.1) is 0 Å². The van der Waals surface area contributed by atoms with E-state index in [9.17, 15) is 9.59 Å². The molecule has 0 saturated heterocycles. The first-order valence-electron chi connectivity index (χ1n) is 7.29. The van der Waals surface area contributed by atoms with Crippen LogP contribution in [0.2, 0.25) is 5.02 Å². The summed E-state index contributed by atoms with van der Waals surface area (Å²) in [4.78, 5) is 24.6. The van der Waals surface area contributed by atoms with Crippen LogP contribution in [-0.2, 0) is 4.74 Å². The molecule has 0 bridgehead atoms. The van der Waals surface area contributed by atoms with Crippen LogP contribution in [0.5, 0.6) is 11.5 Å². The molecule has 1 aliphatic heterocycles. The second-order valence-electron chi connectivity index (χ2n) is 5.29. The molecule has 6 heteroatoms. The standard InChI is InChI=1S/C18H15ClO5/c1-22-14-8-7-12-15(24-18(21)16(12)17(14)23-2)9-13(20)10-3-5-11(19)6-4-10/h3-8,15H,9H2,1-2H3/t15-/m0/s1. The summed E-state index contributed by atoms with van der Waals surface area (Å²) >= 11 is 5.83. The van der Waals surface area contributed by atoms with E-state index >= 15 is 0 Å². The lowest BCUT2D eigenvalue weighted by Gasteiger charge is -2.12. The Hall–Kier alpha value is -2.53. The highest BCUT2D eigenvalue weighted by Gasteiger charge is 2.36. The van der Waals surface area contributed by atoms with Crippen LogP contribution >= 0.6 is 11.6 Å². The first kappa shape index (κ1) is 16.3. The lowest BCUT2D eigenvalue weighted by Crippen LogP contribution is -2.07. The highest BCUT2D eigenvalue weighted by Crippen LogP contribution is 2.43. The van der Waals surface area contributed by atoms with Crippen molar-refractivity contribution in [1.82, 2.24) is 0 Å². The quantitative estimate of drug-likeness (QED) is 0.608. The van der Waals surface area contributed by atoms with Crippen molar-refractivity contribution in [3.63, 3.8) is 0 Å². The van der Waals surface area contributed by atoms with Gasteiger partial charge in [0.15, 0.2) is 17.3 Å². The highest BCUT2D eigenvalue weighted by molar-refractivity contribution is 6.30. The van der Waals surface area contributed by atoms with Crippen molar-refractivity contribution in [3.05, 3.63) is 58.1 Å².